The quantitative estimate of drug-likeness (QED) is 0.363. The number of terminal acetylenes is 1. The summed E-state index contributed by atoms with van der Waals surface area (Å²) in [7, 11) is 0. The number of alkyl carbamates (subject to hydrolysis) is 1. The molecule has 1 fully saturated rings. The number of benzene rings is 1. The maximum atomic E-state index is 14.2. The Balaban J connectivity index is 2.48. The highest BCUT2D eigenvalue weighted by molar-refractivity contribution is 7.98. The molecule has 2 N–H and O–H groups in total. The van der Waals surface area contributed by atoms with E-state index in [1.165, 1.54) is 6.42 Å². The van der Waals surface area contributed by atoms with E-state index >= 15 is 0 Å². The molecule has 1 aromatic carbocycles. The molecule has 0 bridgehead atoms. The molecule has 0 radical (unpaired) electrons. The van der Waals surface area contributed by atoms with E-state index in [4.69, 9.17) is 11.2 Å². The summed E-state index contributed by atoms with van der Waals surface area (Å²) in [5.41, 5.74) is 0.687. The molecule has 0 spiro atoms. The van der Waals surface area contributed by atoms with Gasteiger partial charge in [0.1, 0.15) is 17.7 Å². The minimum atomic E-state index is -0.858. The molecular formula is C30H45N3O4S. The first-order valence-corrected chi connectivity index (χ1v) is 15.1. The molecular weight excluding hydrogens is 498 g/mol. The lowest BCUT2D eigenvalue weighted by Gasteiger charge is -2.39. The number of amides is 3. The molecule has 3 atom stereocenters. The Morgan fingerprint density at radius 1 is 1.16 bits per heavy atom. The van der Waals surface area contributed by atoms with Crippen LogP contribution in [0.25, 0.3) is 0 Å². The Morgan fingerprint density at radius 3 is 2.32 bits per heavy atom. The van der Waals surface area contributed by atoms with Gasteiger partial charge in [-0.2, -0.15) is 11.8 Å². The maximum Gasteiger partial charge on any atom is 0.408 e. The summed E-state index contributed by atoms with van der Waals surface area (Å²) in [5, 5.41) is 6.01. The van der Waals surface area contributed by atoms with Crippen molar-refractivity contribution in [2.75, 3.05) is 12.0 Å². The van der Waals surface area contributed by atoms with Gasteiger partial charge in [-0.3, -0.25) is 9.59 Å². The van der Waals surface area contributed by atoms with Crippen LogP contribution in [0.5, 0.6) is 0 Å². The Hall–Kier alpha value is -2.66. The molecule has 0 saturated heterocycles. The molecule has 1 aliphatic rings. The number of hydrogen-bond acceptors (Lipinski definition) is 5. The number of carbonyl (C=O) groups excluding carboxylic acids is 3. The molecule has 1 aromatic rings. The van der Waals surface area contributed by atoms with Crippen molar-refractivity contribution in [3.8, 4) is 12.3 Å². The molecule has 3 unspecified atom stereocenters. The van der Waals surface area contributed by atoms with Crippen LogP contribution in [0.2, 0.25) is 0 Å². The van der Waals surface area contributed by atoms with Crippen molar-refractivity contribution in [1.82, 2.24) is 15.5 Å². The van der Waals surface area contributed by atoms with Crippen LogP contribution < -0.4 is 10.6 Å². The first-order valence-electron chi connectivity index (χ1n) is 13.7. The molecule has 1 saturated carbocycles. The minimum absolute atomic E-state index is 0.0878. The van der Waals surface area contributed by atoms with Gasteiger partial charge in [-0.25, -0.2) is 4.79 Å². The van der Waals surface area contributed by atoms with Gasteiger partial charge >= 0.3 is 6.09 Å². The highest BCUT2D eigenvalue weighted by Crippen LogP contribution is 2.28. The summed E-state index contributed by atoms with van der Waals surface area (Å²) >= 11 is 1.59. The van der Waals surface area contributed by atoms with E-state index in [0.717, 1.165) is 25.7 Å². The first kappa shape index (κ1) is 31.6. The Morgan fingerprint density at radius 2 is 1.79 bits per heavy atom. The number of ether oxygens (including phenoxy) is 1. The zero-order chi connectivity index (χ0) is 28.3. The molecule has 0 aromatic heterocycles. The fraction of sp³-hybridized carbons (Fsp3) is 0.633. The van der Waals surface area contributed by atoms with Crippen LogP contribution in [0.4, 0.5) is 4.79 Å². The van der Waals surface area contributed by atoms with Gasteiger partial charge in [0.05, 0.1) is 0 Å². The van der Waals surface area contributed by atoms with Gasteiger partial charge in [0.15, 0.2) is 0 Å². The van der Waals surface area contributed by atoms with E-state index in [2.05, 4.69) is 16.6 Å². The number of nitrogens with one attached hydrogen (secondary N) is 2. The fourth-order valence-electron chi connectivity index (χ4n) is 4.65. The first-order chi connectivity index (χ1) is 18.0. The summed E-state index contributed by atoms with van der Waals surface area (Å²) in [6.45, 7) is 9.27. The van der Waals surface area contributed by atoms with E-state index in [-0.39, 0.29) is 23.9 Å². The van der Waals surface area contributed by atoms with Gasteiger partial charge < -0.3 is 20.3 Å². The second kappa shape index (κ2) is 15.1. The number of nitrogens with zero attached hydrogens (tertiary/aromatic N) is 1. The zero-order valence-electron chi connectivity index (χ0n) is 23.8. The van der Waals surface area contributed by atoms with E-state index in [1.54, 1.807) is 49.6 Å². The molecule has 0 aliphatic heterocycles. The highest BCUT2D eigenvalue weighted by atomic mass is 32.2. The molecule has 0 heterocycles. The van der Waals surface area contributed by atoms with Crippen LogP contribution in [0.1, 0.15) is 96.7 Å². The van der Waals surface area contributed by atoms with Crippen LogP contribution >= 0.6 is 11.8 Å². The lowest BCUT2D eigenvalue weighted by atomic mass is 9.94. The summed E-state index contributed by atoms with van der Waals surface area (Å²) in [4.78, 5) is 42.5. The van der Waals surface area contributed by atoms with Crippen molar-refractivity contribution >= 4 is 29.7 Å². The molecule has 3 amide bonds. The van der Waals surface area contributed by atoms with Crippen LogP contribution in [-0.2, 0) is 14.3 Å². The van der Waals surface area contributed by atoms with Gasteiger partial charge in [0.2, 0.25) is 11.8 Å². The minimum Gasteiger partial charge on any atom is -0.444 e. The molecule has 8 heteroatoms. The third kappa shape index (κ3) is 9.58. The normalized spacial score (nSPS) is 16.4. The summed E-state index contributed by atoms with van der Waals surface area (Å²) in [5.74, 6) is 2.76. The van der Waals surface area contributed by atoms with Crippen LogP contribution in [0.15, 0.2) is 24.3 Å². The number of hydrogen-bond donors (Lipinski definition) is 2. The number of rotatable bonds is 11. The molecule has 1 aliphatic carbocycles. The summed E-state index contributed by atoms with van der Waals surface area (Å²) in [6, 6.07) is 5.37. The highest BCUT2D eigenvalue weighted by Gasteiger charge is 2.39. The second-order valence-electron chi connectivity index (χ2n) is 11.0. The molecule has 2 rings (SSSR count). The van der Waals surface area contributed by atoms with E-state index in [9.17, 15) is 14.4 Å². The molecule has 7 nitrogen and oxygen atoms in total. The average Bonchev–Trinajstić information content (AvgIpc) is 2.88. The summed E-state index contributed by atoms with van der Waals surface area (Å²) < 4.78 is 5.46. The largest absolute Gasteiger partial charge is 0.444 e. The van der Waals surface area contributed by atoms with Crippen molar-refractivity contribution < 1.29 is 19.1 Å². The smallest absolute Gasteiger partial charge is 0.408 e. The van der Waals surface area contributed by atoms with Crippen molar-refractivity contribution in [3.63, 3.8) is 0 Å². The number of thioether (sulfide) groups is 1. The van der Waals surface area contributed by atoms with Crippen molar-refractivity contribution in [3.05, 3.63) is 35.4 Å². The number of carbonyl (C=O) groups is 3. The monoisotopic (exact) mass is 543 g/mol. The van der Waals surface area contributed by atoms with Crippen LogP contribution in [0.3, 0.4) is 0 Å². The van der Waals surface area contributed by atoms with Crippen molar-refractivity contribution in [2.45, 2.75) is 109 Å². The van der Waals surface area contributed by atoms with Crippen LogP contribution in [0, 0.1) is 12.3 Å². The fourth-order valence-corrected chi connectivity index (χ4v) is 5.12. The Bertz CT molecular complexity index is 961. The van der Waals surface area contributed by atoms with E-state index in [0.29, 0.717) is 29.7 Å². The summed E-state index contributed by atoms with van der Waals surface area (Å²) in [6.07, 6.45) is 13.1. The predicted molar refractivity (Wildman–Crippen MR) is 155 cm³/mol. The lowest BCUT2D eigenvalue weighted by molar-refractivity contribution is -0.145. The average molecular weight is 544 g/mol. The van der Waals surface area contributed by atoms with Gasteiger partial charge in [0.25, 0.3) is 0 Å². The van der Waals surface area contributed by atoms with Crippen molar-refractivity contribution in [1.29, 1.82) is 0 Å². The van der Waals surface area contributed by atoms with Crippen molar-refractivity contribution in [2.24, 2.45) is 0 Å². The SMILES string of the molecule is C#Cc1ccc(C(C(=O)NC2CCCCC2)N(C(=O)C(CCSC)NC(=O)OC(C)(C)C)C(C)CC)cc1. The van der Waals surface area contributed by atoms with Gasteiger partial charge in [0, 0.05) is 17.6 Å². The van der Waals surface area contributed by atoms with Gasteiger partial charge in [-0.15, -0.1) is 6.42 Å². The Kier molecular flexibility index (Phi) is 12.5. The lowest BCUT2D eigenvalue weighted by Crippen LogP contribution is -2.56. The van der Waals surface area contributed by atoms with Gasteiger partial charge in [-0.1, -0.05) is 44.2 Å². The molecule has 210 valence electrons. The topological polar surface area (TPSA) is 87.7 Å². The standard InChI is InChI=1S/C30H45N3O4S/c1-8-21(3)33(28(35)25(19-20-38-7)32-29(36)37-30(4,5)6)26(23-17-15-22(9-2)16-18-23)27(34)31-24-13-11-10-12-14-24/h2,15-18,21,24-26H,8,10-14,19-20H2,1,3-7H3,(H,31,34)(H,32,36). The van der Waals surface area contributed by atoms with Gasteiger partial charge in [-0.05, 0) is 83.1 Å². The third-order valence-electron chi connectivity index (χ3n) is 6.79. The maximum absolute atomic E-state index is 14.2. The second-order valence-corrected chi connectivity index (χ2v) is 12.0. The van der Waals surface area contributed by atoms with E-state index in [1.807, 2.05) is 32.2 Å². The van der Waals surface area contributed by atoms with Crippen LogP contribution in [-0.4, -0.2) is 58.5 Å². The van der Waals surface area contributed by atoms with E-state index < -0.39 is 23.8 Å². The zero-order valence-corrected chi connectivity index (χ0v) is 24.7. The third-order valence-corrected chi connectivity index (χ3v) is 7.43. The predicted octanol–water partition coefficient (Wildman–Crippen LogP) is 5.43. The Labute approximate surface area is 233 Å². The molecule has 38 heavy (non-hydrogen) atoms.